The highest BCUT2D eigenvalue weighted by molar-refractivity contribution is 5.98. The van der Waals surface area contributed by atoms with Gasteiger partial charge in [-0.3, -0.25) is 47.9 Å². The van der Waals surface area contributed by atoms with Crippen LogP contribution in [-0.2, 0) is 52.7 Å². The molecule has 1 saturated heterocycles. The number of nitrogens with two attached hydrogens (primary N) is 12. The van der Waals surface area contributed by atoms with Gasteiger partial charge in [-0.2, -0.15) is 0 Å². The summed E-state index contributed by atoms with van der Waals surface area (Å²) in [5.41, 5.74) is 67.1. The molecule has 588 valence electrons. The Hall–Kier alpha value is -6.31. The highest BCUT2D eigenvalue weighted by Gasteiger charge is 2.36. The van der Waals surface area contributed by atoms with Crippen molar-refractivity contribution in [2.45, 2.75) is 292 Å². The van der Waals surface area contributed by atoms with E-state index in [9.17, 15) is 57.8 Å². The quantitative estimate of drug-likeness (QED) is 0.0270. The van der Waals surface area contributed by atoms with E-state index in [1.807, 2.05) is 6.92 Å². The summed E-state index contributed by atoms with van der Waals surface area (Å²) in [6.07, 6.45) is 18.3. The van der Waals surface area contributed by atoms with Gasteiger partial charge in [-0.05, 0) is 252 Å². The largest absolute Gasteiger partial charge is 0.480 e. The molecular weight excluding hydrogens is 1310 g/mol. The fourth-order valence-electron chi connectivity index (χ4n) is 10.7. The van der Waals surface area contributed by atoms with E-state index in [2.05, 4.69) is 47.9 Å². The first kappa shape index (κ1) is 96.7. The molecule has 0 aliphatic carbocycles. The number of carboxylic acids is 2. The standard InChI is InChI=1S/C31H61N9O5.C30H62N10O6.C6H14N2O2/c1-2-3-4-13-22-27(41)37-24(15-6-10-19-33)29(43)39-26(17-8-12-21-35)31(45)40-25(16-7-11-20-34)30(44)38-23(28(42)36-22)14-5-9-18-32;31-16-6-1-11-21(36)26(41)37-22(12-2-7-17-32)27(42)38-23(13-3-8-18-33)28(43)39-24(14-4-9-19-34)29(44)40-25(30(45)46)15-5-10-20-35;7-4-2-1-3-5(8)6(9)10/h22-26H,2-21,32-35H2,1H3,(H,36,42)(H,37,41)(H,38,44)(H,39,43)(H,40,45);21-25H,1-20,31-36H2,(H,37,41)(H,38,42)(H,39,43)(H,40,44)(H,45,46);5H,1-4,7-8H2,(H,9,10). The van der Waals surface area contributed by atoms with Crippen LogP contribution in [0.25, 0.3) is 0 Å². The van der Waals surface area contributed by atoms with Crippen LogP contribution in [0.1, 0.15) is 225 Å². The maximum Gasteiger partial charge on any atom is 0.326 e. The second-order valence-electron chi connectivity index (χ2n) is 25.8. The van der Waals surface area contributed by atoms with Crippen molar-refractivity contribution in [2.75, 3.05) is 65.4 Å². The summed E-state index contributed by atoms with van der Waals surface area (Å²) in [7, 11) is 0. The summed E-state index contributed by atoms with van der Waals surface area (Å²) in [5.74, 6) is -6.95. The summed E-state index contributed by atoms with van der Waals surface area (Å²) >= 11 is 0. The van der Waals surface area contributed by atoms with E-state index >= 15 is 0 Å². The summed E-state index contributed by atoms with van der Waals surface area (Å²) in [5, 5.41) is 42.8. The monoisotopic (exact) mass is 1440 g/mol. The van der Waals surface area contributed by atoms with Gasteiger partial charge in [0.15, 0.2) is 0 Å². The van der Waals surface area contributed by atoms with Gasteiger partial charge in [0.05, 0.1) is 6.04 Å². The van der Waals surface area contributed by atoms with Crippen molar-refractivity contribution in [3.05, 3.63) is 0 Å². The van der Waals surface area contributed by atoms with Crippen molar-refractivity contribution < 1.29 is 63.0 Å². The zero-order valence-corrected chi connectivity index (χ0v) is 60.8. The van der Waals surface area contributed by atoms with E-state index in [1.54, 1.807) is 0 Å². The zero-order chi connectivity index (χ0) is 76.2. The molecule has 1 fully saturated rings. The summed E-state index contributed by atoms with van der Waals surface area (Å²) in [6, 6.07) is -10.4. The third kappa shape index (κ3) is 47.6. The molecule has 11 unspecified atom stereocenters. The minimum absolute atomic E-state index is 0.188. The third-order valence-electron chi connectivity index (χ3n) is 16.9. The Kier molecular flexibility index (Phi) is 60.7. The van der Waals surface area contributed by atoms with E-state index in [-0.39, 0.29) is 25.7 Å². The van der Waals surface area contributed by atoms with Gasteiger partial charge in [0.25, 0.3) is 0 Å². The lowest BCUT2D eigenvalue weighted by Gasteiger charge is -2.26. The molecule has 9 amide bonds. The molecule has 1 heterocycles. The van der Waals surface area contributed by atoms with Crippen LogP contribution in [0.5, 0.6) is 0 Å². The summed E-state index contributed by atoms with van der Waals surface area (Å²) in [4.78, 5) is 143. The van der Waals surface area contributed by atoms with Gasteiger partial charge < -0.3 is 127 Å². The number of carbonyl (C=O) groups is 11. The molecule has 35 N–H and O–H groups in total. The van der Waals surface area contributed by atoms with E-state index in [4.69, 9.17) is 73.9 Å². The van der Waals surface area contributed by atoms with Crippen LogP contribution in [0.2, 0.25) is 0 Å². The second kappa shape index (κ2) is 63.4. The van der Waals surface area contributed by atoms with Crippen LogP contribution < -0.4 is 117 Å². The van der Waals surface area contributed by atoms with Gasteiger partial charge in [-0.1, -0.05) is 39.0 Å². The maximum atomic E-state index is 13.6. The third-order valence-corrected chi connectivity index (χ3v) is 16.9. The van der Waals surface area contributed by atoms with Crippen molar-refractivity contribution >= 4 is 65.1 Å². The van der Waals surface area contributed by atoms with Gasteiger partial charge in [0.2, 0.25) is 53.2 Å². The maximum absolute atomic E-state index is 13.6. The SMILES string of the molecule is CCCCCC1NC(=O)C(CCCCN)NC(=O)C(CCCCN)NC(=O)C(CCCCN)NC(=O)C(CCCCN)NC1=O.NCCCCC(N)C(=O)NC(CCCCN)C(=O)NC(CCCCN)C(=O)NC(CCCCN)C(=O)NC(CCCCN)C(=O)O.NCCCCC(N)C(=O)O. The first-order valence-corrected chi connectivity index (χ1v) is 37.2. The van der Waals surface area contributed by atoms with Crippen molar-refractivity contribution in [2.24, 2.45) is 68.8 Å². The number of aliphatic carboxylic acids is 2. The van der Waals surface area contributed by atoms with Gasteiger partial charge in [-0.15, -0.1) is 0 Å². The van der Waals surface area contributed by atoms with Gasteiger partial charge in [-0.25, -0.2) is 4.79 Å². The van der Waals surface area contributed by atoms with Gasteiger partial charge in [0.1, 0.15) is 60.4 Å². The first-order valence-electron chi connectivity index (χ1n) is 37.2. The molecule has 1 aliphatic heterocycles. The molecule has 34 nitrogen and oxygen atoms in total. The van der Waals surface area contributed by atoms with Crippen molar-refractivity contribution in [3.8, 4) is 0 Å². The summed E-state index contributed by atoms with van der Waals surface area (Å²) in [6.45, 7) is 6.41. The van der Waals surface area contributed by atoms with Crippen LogP contribution in [-0.4, -0.2) is 207 Å². The smallest absolute Gasteiger partial charge is 0.326 e. The molecule has 0 aromatic carbocycles. The van der Waals surface area contributed by atoms with Gasteiger partial charge in [0, 0.05) is 0 Å². The number of amides is 9. The van der Waals surface area contributed by atoms with Gasteiger partial charge >= 0.3 is 11.9 Å². The Labute approximate surface area is 599 Å². The second-order valence-corrected chi connectivity index (χ2v) is 25.8. The minimum atomic E-state index is -1.19. The molecule has 0 spiro atoms. The molecule has 0 saturated carbocycles. The van der Waals surface area contributed by atoms with Crippen LogP contribution in [0.4, 0.5) is 0 Å². The molecule has 0 bridgehead atoms. The lowest BCUT2D eigenvalue weighted by Crippen LogP contribution is -2.58. The highest BCUT2D eigenvalue weighted by atomic mass is 16.4. The van der Waals surface area contributed by atoms with Crippen LogP contribution in [0, 0.1) is 0 Å². The Morgan fingerprint density at radius 1 is 0.297 bits per heavy atom. The highest BCUT2D eigenvalue weighted by Crippen LogP contribution is 2.15. The molecule has 0 radical (unpaired) electrons. The molecule has 1 rings (SSSR count). The molecule has 101 heavy (non-hydrogen) atoms. The number of unbranched alkanes of at least 4 members (excludes halogenated alkanes) is 12. The lowest BCUT2D eigenvalue weighted by atomic mass is 10.0. The number of hydrogen-bond donors (Lipinski definition) is 23. The molecule has 1 aliphatic rings. The predicted octanol–water partition coefficient (Wildman–Crippen LogP) is -2.97. The van der Waals surface area contributed by atoms with Crippen molar-refractivity contribution in [3.63, 3.8) is 0 Å². The number of carbonyl (C=O) groups excluding carboxylic acids is 9. The Bertz CT molecular complexity index is 2120. The molecule has 34 heteroatoms. The number of rotatable bonds is 54. The average Bonchev–Trinajstić information content (AvgIpc) is 1.85. The molecular formula is C67H137N21O13. The predicted molar refractivity (Wildman–Crippen MR) is 392 cm³/mol. The van der Waals surface area contributed by atoms with E-state index in [0.29, 0.717) is 226 Å². The van der Waals surface area contributed by atoms with E-state index < -0.39 is 132 Å². The molecule has 0 aromatic rings. The topological polar surface area (TPSA) is 649 Å². The number of nitrogens with one attached hydrogen (secondary N) is 9. The van der Waals surface area contributed by atoms with E-state index in [1.165, 1.54) is 0 Å². The zero-order valence-electron chi connectivity index (χ0n) is 60.8. The normalized spacial score (nSPS) is 18.4. The Morgan fingerprint density at radius 3 is 0.743 bits per heavy atom. The molecule has 11 atom stereocenters. The Morgan fingerprint density at radius 2 is 0.505 bits per heavy atom. The first-order chi connectivity index (χ1) is 48.4. The number of carboxylic acid groups (broad SMARTS) is 2. The fourth-order valence-corrected chi connectivity index (χ4v) is 10.7. The Balaban J connectivity index is 0. The van der Waals surface area contributed by atoms with Crippen LogP contribution >= 0.6 is 0 Å². The van der Waals surface area contributed by atoms with E-state index in [0.717, 1.165) is 32.1 Å². The van der Waals surface area contributed by atoms with Crippen molar-refractivity contribution in [1.29, 1.82) is 0 Å². The number of hydrogen-bond acceptors (Lipinski definition) is 23. The average molecular weight is 1440 g/mol. The lowest BCUT2D eigenvalue weighted by molar-refractivity contribution is -0.142. The minimum Gasteiger partial charge on any atom is -0.480 e. The summed E-state index contributed by atoms with van der Waals surface area (Å²) < 4.78 is 0. The molecule has 0 aromatic heterocycles. The van der Waals surface area contributed by atoms with Crippen LogP contribution in [0.3, 0.4) is 0 Å². The fraction of sp³-hybridized carbons (Fsp3) is 0.836. The van der Waals surface area contributed by atoms with Crippen LogP contribution in [0.15, 0.2) is 0 Å². The van der Waals surface area contributed by atoms with Crippen molar-refractivity contribution in [1.82, 2.24) is 47.9 Å².